The number of allylic oxidation sites excluding steroid dienone is 2. The summed E-state index contributed by atoms with van der Waals surface area (Å²) >= 11 is 0. The van der Waals surface area contributed by atoms with E-state index >= 15 is 0 Å². The molecule has 0 saturated heterocycles. The molecule has 0 heterocycles. The van der Waals surface area contributed by atoms with Crippen molar-refractivity contribution in [2.24, 2.45) is 17.6 Å². The summed E-state index contributed by atoms with van der Waals surface area (Å²) < 4.78 is 0. The second-order valence-corrected chi connectivity index (χ2v) is 4.48. The summed E-state index contributed by atoms with van der Waals surface area (Å²) in [6, 6.07) is -0.696. The molecule has 80 valence electrons. The lowest BCUT2D eigenvalue weighted by Crippen LogP contribution is -2.33. The summed E-state index contributed by atoms with van der Waals surface area (Å²) in [6.07, 6.45) is 4.94. The predicted molar refractivity (Wildman–Crippen MR) is 55.9 cm³/mol. The Morgan fingerprint density at radius 3 is 2.93 bits per heavy atom. The highest BCUT2D eigenvalue weighted by Crippen LogP contribution is 2.30. The van der Waals surface area contributed by atoms with Crippen LogP contribution in [0.3, 0.4) is 0 Å². The molecule has 0 radical (unpaired) electrons. The minimum Gasteiger partial charge on any atom is -0.480 e. The maximum Gasteiger partial charge on any atom is 0.320 e. The molecule has 1 aliphatic carbocycles. The smallest absolute Gasteiger partial charge is 0.320 e. The van der Waals surface area contributed by atoms with Gasteiger partial charge in [-0.05, 0) is 38.0 Å². The molecule has 0 amide bonds. The van der Waals surface area contributed by atoms with Crippen LogP contribution in [0.2, 0.25) is 0 Å². The van der Waals surface area contributed by atoms with Gasteiger partial charge in [-0.3, -0.25) is 4.79 Å². The molecule has 3 nitrogen and oxygen atoms in total. The molecule has 3 atom stereocenters. The highest BCUT2D eigenvalue weighted by molar-refractivity contribution is 5.73. The van der Waals surface area contributed by atoms with Gasteiger partial charge in [-0.2, -0.15) is 0 Å². The van der Waals surface area contributed by atoms with Crippen LogP contribution in [0.25, 0.3) is 0 Å². The molecular formula is C11H19NO2. The third kappa shape index (κ3) is 3.14. The second kappa shape index (κ2) is 4.60. The van der Waals surface area contributed by atoms with Gasteiger partial charge in [0.2, 0.25) is 0 Å². The van der Waals surface area contributed by atoms with Crippen molar-refractivity contribution in [3.05, 3.63) is 11.6 Å². The van der Waals surface area contributed by atoms with Crippen LogP contribution in [0.4, 0.5) is 0 Å². The molecule has 3 unspecified atom stereocenters. The molecular weight excluding hydrogens is 178 g/mol. The maximum atomic E-state index is 10.6. The van der Waals surface area contributed by atoms with Gasteiger partial charge in [-0.25, -0.2) is 0 Å². The van der Waals surface area contributed by atoms with Crippen LogP contribution in [0.15, 0.2) is 11.6 Å². The van der Waals surface area contributed by atoms with Crippen LogP contribution < -0.4 is 5.73 Å². The number of aliphatic carboxylic acids is 1. The minimum atomic E-state index is -0.884. The average molecular weight is 197 g/mol. The quantitative estimate of drug-likeness (QED) is 0.678. The third-order valence-electron chi connectivity index (χ3n) is 2.79. The fourth-order valence-corrected chi connectivity index (χ4v) is 2.33. The van der Waals surface area contributed by atoms with E-state index in [9.17, 15) is 4.79 Å². The molecule has 0 aromatic heterocycles. The van der Waals surface area contributed by atoms with E-state index in [1.165, 1.54) is 5.57 Å². The number of carboxylic acids is 1. The van der Waals surface area contributed by atoms with Gasteiger partial charge in [-0.15, -0.1) is 0 Å². The van der Waals surface area contributed by atoms with Gasteiger partial charge < -0.3 is 10.8 Å². The monoisotopic (exact) mass is 197 g/mol. The van der Waals surface area contributed by atoms with Crippen LogP contribution in [-0.4, -0.2) is 17.1 Å². The van der Waals surface area contributed by atoms with Gasteiger partial charge in [-0.1, -0.05) is 18.6 Å². The fourth-order valence-electron chi connectivity index (χ4n) is 2.33. The van der Waals surface area contributed by atoms with Crippen molar-refractivity contribution in [2.45, 2.75) is 39.2 Å². The Kier molecular flexibility index (Phi) is 3.69. The van der Waals surface area contributed by atoms with Crippen LogP contribution in [0, 0.1) is 11.8 Å². The summed E-state index contributed by atoms with van der Waals surface area (Å²) in [4.78, 5) is 10.6. The van der Waals surface area contributed by atoms with Gasteiger partial charge in [0.1, 0.15) is 6.04 Å². The first-order valence-corrected chi connectivity index (χ1v) is 5.14. The molecule has 0 bridgehead atoms. The molecule has 14 heavy (non-hydrogen) atoms. The summed E-state index contributed by atoms with van der Waals surface area (Å²) in [6.45, 7) is 4.27. The van der Waals surface area contributed by atoms with Crippen molar-refractivity contribution in [3.63, 3.8) is 0 Å². The van der Waals surface area contributed by atoms with Gasteiger partial charge in [0, 0.05) is 0 Å². The van der Waals surface area contributed by atoms with E-state index in [0.717, 1.165) is 12.8 Å². The molecule has 0 saturated carbocycles. The Morgan fingerprint density at radius 2 is 2.43 bits per heavy atom. The zero-order chi connectivity index (χ0) is 10.7. The largest absolute Gasteiger partial charge is 0.480 e. The van der Waals surface area contributed by atoms with E-state index in [-0.39, 0.29) is 0 Å². The Hall–Kier alpha value is -0.830. The number of rotatable bonds is 3. The van der Waals surface area contributed by atoms with Gasteiger partial charge >= 0.3 is 5.97 Å². The van der Waals surface area contributed by atoms with Crippen molar-refractivity contribution in [3.8, 4) is 0 Å². The summed E-state index contributed by atoms with van der Waals surface area (Å²) in [5.74, 6) is 0.126. The lowest BCUT2D eigenvalue weighted by Gasteiger charge is -2.26. The Labute approximate surface area is 85.0 Å². The number of hydrogen-bond acceptors (Lipinski definition) is 2. The standard InChI is InChI=1S/C11H19NO2/c1-7-3-8(2)5-9(4-7)6-10(12)11(13)14/h3,7,9-10H,4-6,12H2,1-2H3,(H,13,14). The predicted octanol–water partition coefficient (Wildman–Crippen LogP) is 1.78. The van der Waals surface area contributed by atoms with Crippen molar-refractivity contribution >= 4 is 5.97 Å². The Balaban J connectivity index is 2.48. The number of carbonyl (C=O) groups is 1. The van der Waals surface area contributed by atoms with Gasteiger partial charge in [0.15, 0.2) is 0 Å². The van der Waals surface area contributed by atoms with Gasteiger partial charge in [0.05, 0.1) is 0 Å². The van der Waals surface area contributed by atoms with E-state index in [4.69, 9.17) is 10.8 Å². The van der Waals surface area contributed by atoms with E-state index < -0.39 is 12.0 Å². The first-order chi connectivity index (χ1) is 6.49. The molecule has 1 aliphatic rings. The average Bonchev–Trinajstić information content (AvgIpc) is 2.01. The van der Waals surface area contributed by atoms with E-state index in [2.05, 4.69) is 19.9 Å². The lowest BCUT2D eigenvalue weighted by molar-refractivity contribution is -0.139. The number of hydrogen-bond donors (Lipinski definition) is 2. The molecule has 0 spiro atoms. The van der Waals surface area contributed by atoms with Crippen LogP contribution >= 0.6 is 0 Å². The van der Waals surface area contributed by atoms with E-state index in [0.29, 0.717) is 18.3 Å². The normalized spacial score (nSPS) is 29.5. The Bertz CT molecular complexity index is 248. The summed E-state index contributed by atoms with van der Waals surface area (Å²) in [5.41, 5.74) is 6.89. The molecule has 3 N–H and O–H groups in total. The first kappa shape index (κ1) is 11.2. The zero-order valence-electron chi connectivity index (χ0n) is 8.86. The fraction of sp³-hybridized carbons (Fsp3) is 0.727. The second-order valence-electron chi connectivity index (χ2n) is 4.48. The SMILES string of the molecule is CC1=CC(C)CC(CC(N)C(=O)O)C1. The Morgan fingerprint density at radius 1 is 1.79 bits per heavy atom. The van der Waals surface area contributed by atoms with Gasteiger partial charge in [0.25, 0.3) is 0 Å². The highest BCUT2D eigenvalue weighted by atomic mass is 16.4. The molecule has 0 aromatic rings. The van der Waals surface area contributed by atoms with E-state index in [1.807, 2.05) is 0 Å². The molecule has 0 aliphatic heterocycles. The zero-order valence-corrected chi connectivity index (χ0v) is 8.86. The van der Waals surface area contributed by atoms with Crippen LogP contribution in [0.5, 0.6) is 0 Å². The van der Waals surface area contributed by atoms with Crippen molar-refractivity contribution in [1.29, 1.82) is 0 Å². The van der Waals surface area contributed by atoms with E-state index in [1.54, 1.807) is 0 Å². The topological polar surface area (TPSA) is 63.3 Å². The van der Waals surface area contributed by atoms with Crippen molar-refractivity contribution < 1.29 is 9.90 Å². The van der Waals surface area contributed by atoms with Crippen LogP contribution in [-0.2, 0) is 4.79 Å². The first-order valence-electron chi connectivity index (χ1n) is 5.14. The minimum absolute atomic E-state index is 0.445. The number of nitrogens with two attached hydrogens (primary N) is 1. The summed E-state index contributed by atoms with van der Waals surface area (Å²) in [5, 5.41) is 8.70. The molecule has 0 aromatic carbocycles. The highest BCUT2D eigenvalue weighted by Gasteiger charge is 2.23. The number of carboxylic acid groups (broad SMARTS) is 1. The lowest BCUT2D eigenvalue weighted by atomic mass is 9.80. The van der Waals surface area contributed by atoms with Crippen LogP contribution in [0.1, 0.15) is 33.1 Å². The molecule has 0 fully saturated rings. The third-order valence-corrected chi connectivity index (χ3v) is 2.79. The van der Waals surface area contributed by atoms with Crippen molar-refractivity contribution in [2.75, 3.05) is 0 Å². The maximum absolute atomic E-state index is 10.6. The van der Waals surface area contributed by atoms with Crippen molar-refractivity contribution in [1.82, 2.24) is 0 Å². The molecule has 3 heteroatoms. The summed E-state index contributed by atoms with van der Waals surface area (Å²) in [7, 11) is 0. The molecule has 1 rings (SSSR count).